The zero-order valence-corrected chi connectivity index (χ0v) is 11.9. The molecule has 1 heterocycles. The van der Waals surface area contributed by atoms with Crippen LogP contribution < -0.4 is 16.6 Å². The van der Waals surface area contributed by atoms with E-state index in [1.165, 1.54) is 0 Å². The number of nitrogens with two attached hydrogens (primary N) is 1. The first-order chi connectivity index (χ1) is 9.61. The molecule has 0 bridgehead atoms. The lowest BCUT2D eigenvalue weighted by Crippen LogP contribution is -2.43. The Morgan fingerprint density at radius 1 is 1.35 bits per heavy atom. The van der Waals surface area contributed by atoms with E-state index in [0.29, 0.717) is 12.2 Å². The summed E-state index contributed by atoms with van der Waals surface area (Å²) in [5, 5.41) is 13.1. The van der Waals surface area contributed by atoms with Crippen molar-refractivity contribution < 1.29 is 9.90 Å². The summed E-state index contributed by atoms with van der Waals surface area (Å²) in [6, 6.07) is 2.89. The van der Waals surface area contributed by atoms with Crippen LogP contribution in [0.4, 0.5) is 5.82 Å². The van der Waals surface area contributed by atoms with Crippen LogP contribution in [0.3, 0.4) is 0 Å². The van der Waals surface area contributed by atoms with Gasteiger partial charge in [0.25, 0.3) is 5.91 Å². The van der Waals surface area contributed by atoms with E-state index in [1.807, 2.05) is 0 Å². The van der Waals surface area contributed by atoms with Crippen LogP contribution in [0.5, 0.6) is 0 Å². The fourth-order valence-electron chi connectivity index (χ4n) is 2.37. The number of rotatable bonds is 3. The Morgan fingerprint density at radius 2 is 2.10 bits per heavy atom. The summed E-state index contributed by atoms with van der Waals surface area (Å²) in [4.78, 5) is 16.3. The van der Waals surface area contributed by atoms with Gasteiger partial charge in [0.05, 0.1) is 17.2 Å². The van der Waals surface area contributed by atoms with Crippen molar-refractivity contribution in [3.05, 3.63) is 22.8 Å². The molecule has 110 valence electrons. The lowest BCUT2D eigenvalue weighted by atomic mass is 10.1. The van der Waals surface area contributed by atoms with E-state index in [1.54, 1.807) is 12.1 Å². The SMILES string of the molecule is NNc1ccc(Cl)c(C(=O)NC2CCCCCC2O)n1. The Morgan fingerprint density at radius 3 is 2.85 bits per heavy atom. The highest BCUT2D eigenvalue weighted by molar-refractivity contribution is 6.33. The highest BCUT2D eigenvalue weighted by atomic mass is 35.5. The van der Waals surface area contributed by atoms with E-state index in [-0.39, 0.29) is 16.8 Å². The van der Waals surface area contributed by atoms with Crippen LogP contribution >= 0.6 is 11.6 Å². The number of hydrogen-bond acceptors (Lipinski definition) is 5. The summed E-state index contributed by atoms with van der Waals surface area (Å²) in [6.45, 7) is 0. The average molecular weight is 299 g/mol. The molecule has 0 radical (unpaired) electrons. The number of aliphatic hydroxyl groups is 1. The minimum atomic E-state index is -0.518. The van der Waals surface area contributed by atoms with Crippen molar-refractivity contribution in [2.75, 3.05) is 5.43 Å². The molecule has 1 aromatic heterocycles. The summed E-state index contributed by atoms with van der Waals surface area (Å²) in [7, 11) is 0. The molecule has 2 unspecified atom stereocenters. The molecular formula is C13H19ClN4O2. The number of aliphatic hydroxyl groups excluding tert-OH is 1. The Hall–Kier alpha value is -1.37. The zero-order chi connectivity index (χ0) is 14.5. The molecule has 20 heavy (non-hydrogen) atoms. The van der Waals surface area contributed by atoms with E-state index in [9.17, 15) is 9.90 Å². The van der Waals surface area contributed by atoms with E-state index in [0.717, 1.165) is 25.7 Å². The van der Waals surface area contributed by atoms with Gasteiger partial charge in [-0.1, -0.05) is 30.9 Å². The van der Waals surface area contributed by atoms with Crippen molar-refractivity contribution in [2.24, 2.45) is 5.84 Å². The second-order valence-electron chi connectivity index (χ2n) is 4.96. The normalized spacial score (nSPS) is 22.9. The summed E-state index contributed by atoms with van der Waals surface area (Å²) in [5.74, 6) is 5.24. The van der Waals surface area contributed by atoms with Gasteiger partial charge < -0.3 is 15.8 Å². The molecule has 1 aliphatic rings. The van der Waals surface area contributed by atoms with Crippen LogP contribution in [-0.2, 0) is 0 Å². The average Bonchev–Trinajstić information content (AvgIpc) is 2.64. The number of nitrogens with zero attached hydrogens (tertiary/aromatic N) is 1. The van der Waals surface area contributed by atoms with Crippen molar-refractivity contribution in [1.29, 1.82) is 0 Å². The molecule has 5 N–H and O–H groups in total. The second-order valence-corrected chi connectivity index (χ2v) is 5.36. The molecule has 1 aromatic rings. The predicted octanol–water partition coefficient (Wildman–Crippen LogP) is 1.44. The van der Waals surface area contributed by atoms with Gasteiger partial charge in [0.1, 0.15) is 11.5 Å². The number of aromatic nitrogens is 1. The fraction of sp³-hybridized carbons (Fsp3) is 0.538. The first-order valence-electron chi connectivity index (χ1n) is 6.74. The van der Waals surface area contributed by atoms with Gasteiger partial charge in [0, 0.05) is 0 Å². The molecule has 0 aromatic carbocycles. The molecule has 1 aliphatic carbocycles. The Kier molecular flexibility index (Phi) is 5.17. The quantitative estimate of drug-likeness (QED) is 0.384. The maximum Gasteiger partial charge on any atom is 0.271 e. The number of amides is 1. The molecule has 2 atom stereocenters. The molecule has 1 amide bonds. The van der Waals surface area contributed by atoms with Crippen LogP contribution in [0.15, 0.2) is 12.1 Å². The topological polar surface area (TPSA) is 100 Å². The van der Waals surface area contributed by atoms with Crippen LogP contribution in [0.2, 0.25) is 5.02 Å². The molecule has 7 heteroatoms. The van der Waals surface area contributed by atoms with Gasteiger partial charge in [-0.05, 0) is 25.0 Å². The maximum absolute atomic E-state index is 12.2. The molecule has 0 spiro atoms. The van der Waals surface area contributed by atoms with Crippen molar-refractivity contribution in [1.82, 2.24) is 10.3 Å². The first-order valence-corrected chi connectivity index (χ1v) is 7.11. The van der Waals surface area contributed by atoms with Crippen molar-refractivity contribution >= 4 is 23.3 Å². The number of nitrogens with one attached hydrogen (secondary N) is 2. The van der Waals surface area contributed by atoms with Crippen LogP contribution in [0.1, 0.15) is 42.6 Å². The lowest BCUT2D eigenvalue weighted by molar-refractivity contribution is 0.0814. The van der Waals surface area contributed by atoms with Crippen LogP contribution in [0, 0.1) is 0 Å². The number of pyridine rings is 1. The Bertz CT molecular complexity index is 483. The zero-order valence-electron chi connectivity index (χ0n) is 11.1. The minimum Gasteiger partial charge on any atom is -0.391 e. The van der Waals surface area contributed by atoms with Gasteiger partial charge in [-0.15, -0.1) is 0 Å². The number of halogens is 1. The fourth-order valence-corrected chi connectivity index (χ4v) is 2.57. The third kappa shape index (κ3) is 3.59. The number of carbonyl (C=O) groups excluding carboxylic acids is 1. The number of carbonyl (C=O) groups is 1. The van der Waals surface area contributed by atoms with Crippen LogP contribution in [-0.4, -0.2) is 28.1 Å². The molecule has 0 aliphatic heterocycles. The summed E-state index contributed by atoms with van der Waals surface area (Å²) >= 11 is 5.98. The van der Waals surface area contributed by atoms with Crippen molar-refractivity contribution in [3.8, 4) is 0 Å². The summed E-state index contributed by atoms with van der Waals surface area (Å²) in [6.07, 6.45) is 4.01. The van der Waals surface area contributed by atoms with Crippen molar-refractivity contribution in [2.45, 2.75) is 44.2 Å². The van der Waals surface area contributed by atoms with E-state index in [4.69, 9.17) is 17.4 Å². The third-order valence-electron chi connectivity index (χ3n) is 3.50. The monoisotopic (exact) mass is 298 g/mol. The van der Waals surface area contributed by atoms with Crippen LogP contribution in [0.25, 0.3) is 0 Å². The lowest BCUT2D eigenvalue weighted by Gasteiger charge is -2.21. The second kappa shape index (κ2) is 6.88. The number of nitrogen functional groups attached to an aromatic ring is 1. The standard InChI is InChI=1S/C13H19ClN4O2/c14-8-6-7-11(18-15)17-12(8)13(20)16-9-4-2-1-3-5-10(9)19/h6-7,9-10,19H,1-5,15H2,(H,16,20)(H,17,18). The molecule has 0 saturated heterocycles. The maximum atomic E-state index is 12.2. The smallest absolute Gasteiger partial charge is 0.271 e. The van der Waals surface area contributed by atoms with Gasteiger partial charge in [-0.3, -0.25) is 4.79 Å². The van der Waals surface area contributed by atoms with Gasteiger partial charge in [0.2, 0.25) is 0 Å². The van der Waals surface area contributed by atoms with E-state index >= 15 is 0 Å². The highest BCUT2D eigenvalue weighted by Crippen LogP contribution is 2.20. The van der Waals surface area contributed by atoms with Crippen molar-refractivity contribution in [3.63, 3.8) is 0 Å². The van der Waals surface area contributed by atoms with Gasteiger partial charge in [-0.2, -0.15) is 0 Å². The summed E-state index contributed by atoms with van der Waals surface area (Å²) in [5.41, 5.74) is 2.48. The molecule has 2 rings (SSSR count). The Labute approximate surface area is 122 Å². The minimum absolute atomic E-state index is 0.110. The number of hydrogen-bond donors (Lipinski definition) is 4. The largest absolute Gasteiger partial charge is 0.391 e. The van der Waals surface area contributed by atoms with Gasteiger partial charge >= 0.3 is 0 Å². The number of hydrazine groups is 1. The highest BCUT2D eigenvalue weighted by Gasteiger charge is 2.25. The number of anilines is 1. The molecule has 6 nitrogen and oxygen atoms in total. The van der Waals surface area contributed by atoms with E-state index in [2.05, 4.69) is 15.7 Å². The third-order valence-corrected chi connectivity index (χ3v) is 3.81. The predicted molar refractivity (Wildman–Crippen MR) is 77.4 cm³/mol. The van der Waals surface area contributed by atoms with Gasteiger partial charge in [-0.25, -0.2) is 10.8 Å². The molecule has 1 saturated carbocycles. The van der Waals surface area contributed by atoms with E-state index < -0.39 is 12.0 Å². The molecule has 1 fully saturated rings. The summed E-state index contributed by atoms with van der Waals surface area (Å²) < 4.78 is 0. The first kappa shape index (κ1) is 15.0. The van der Waals surface area contributed by atoms with Gasteiger partial charge in [0.15, 0.2) is 0 Å². The molecular weight excluding hydrogens is 280 g/mol. The Balaban J connectivity index is 2.10.